The number of nitrogens with one attached hydrogen (secondary N) is 1. The van der Waals surface area contributed by atoms with Gasteiger partial charge in [-0.25, -0.2) is 0 Å². The van der Waals surface area contributed by atoms with Crippen molar-refractivity contribution in [2.75, 3.05) is 26.2 Å². The fraction of sp³-hybridized carbons (Fsp3) is 0.500. The van der Waals surface area contributed by atoms with Crippen LogP contribution in [0.15, 0.2) is 36.4 Å². The SMILES string of the molecule is C=C(C)C[C@H](c1ccc(C(F)(F)F)cc1)N1CCNCC1.Cl.Cl. The molecule has 1 aliphatic rings. The molecule has 0 aromatic heterocycles. The molecule has 0 amide bonds. The lowest BCUT2D eigenvalue weighted by atomic mass is 9.97. The summed E-state index contributed by atoms with van der Waals surface area (Å²) >= 11 is 0. The van der Waals surface area contributed by atoms with Crippen molar-refractivity contribution < 1.29 is 13.2 Å². The average Bonchev–Trinajstić information content (AvgIpc) is 2.45. The number of hydrogen-bond acceptors (Lipinski definition) is 2. The van der Waals surface area contributed by atoms with Crippen LogP contribution in [0.2, 0.25) is 0 Å². The molecule has 1 saturated heterocycles. The summed E-state index contributed by atoms with van der Waals surface area (Å²) in [6, 6.07) is 5.63. The Bertz CT molecular complexity index is 483. The third kappa shape index (κ3) is 6.34. The molecule has 0 unspecified atom stereocenters. The Morgan fingerprint density at radius 3 is 2.13 bits per heavy atom. The number of alkyl halides is 3. The van der Waals surface area contributed by atoms with Gasteiger partial charge in [-0.05, 0) is 31.0 Å². The zero-order chi connectivity index (χ0) is 15.5. The van der Waals surface area contributed by atoms with Crippen molar-refractivity contribution in [3.8, 4) is 0 Å². The summed E-state index contributed by atoms with van der Waals surface area (Å²) in [5.74, 6) is 0. The van der Waals surface area contributed by atoms with Crippen molar-refractivity contribution in [2.24, 2.45) is 0 Å². The molecule has 1 aliphatic heterocycles. The van der Waals surface area contributed by atoms with E-state index in [1.807, 2.05) is 6.92 Å². The van der Waals surface area contributed by atoms with Gasteiger partial charge in [-0.3, -0.25) is 4.90 Å². The lowest BCUT2D eigenvalue weighted by molar-refractivity contribution is -0.137. The molecule has 132 valence electrons. The number of nitrogens with zero attached hydrogens (tertiary/aromatic N) is 1. The molecule has 1 fully saturated rings. The molecule has 23 heavy (non-hydrogen) atoms. The summed E-state index contributed by atoms with van der Waals surface area (Å²) in [4.78, 5) is 2.31. The molecule has 0 aliphatic carbocycles. The van der Waals surface area contributed by atoms with Gasteiger partial charge in [-0.15, -0.1) is 31.4 Å². The molecule has 2 rings (SSSR count). The second kappa shape index (κ2) is 9.52. The second-order valence-corrected chi connectivity index (χ2v) is 5.58. The predicted molar refractivity (Wildman–Crippen MR) is 92.6 cm³/mol. The van der Waals surface area contributed by atoms with Gasteiger partial charge in [0.1, 0.15) is 0 Å². The van der Waals surface area contributed by atoms with Gasteiger partial charge in [0, 0.05) is 32.2 Å². The highest BCUT2D eigenvalue weighted by atomic mass is 35.5. The first-order valence-corrected chi connectivity index (χ1v) is 7.14. The highest BCUT2D eigenvalue weighted by Crippen LogP contribution is 2.32. The number of piperazine rings is 1. The summed E-state index contributed by atoms with van der Waals surface area (Å²) in [5.41, 5.74) is 1.37. The number of halogens is 5. The first-order chi connectivity index (χ1) is 9.88. The van der Waals surface area contributed by atoms with Gasteiger partial charge in [0.15, 0.2) is 0 Å². The maximum Gasteiger partial charge on any atom is 0.416 e. The first-order valence-electron chi connectivity index (χ1n) is 7.14. The van der Waals surface area contributed by atoms with Gasteiger partial charge in [0.2, 0.25) is 0 Å². The van der Waals surface area contributed by atoms with Crippen LogP contribution in [0.1, 0.15) is 30.5 Å². The van der Waals surface area contributed by atoms with Crippen LogP contribution in [-0.4, -0.2) is 31.1 Å². The van der Waals surface area contributed by atoms with Crippen molar-refractivity contribution in [1.82, 2.24) is 10.2 Å². The largest absolute Gasteiger partial charge is 0.416 e. The minimum Gasteiger partial charge on any atom is -0.314 e. The van der Waals surface area contributed by atoms with E-state index in [1.54, 1.807) is 12.1 Å². The van der Waals surface area contributed by atoms with E-state index in [9.17, 15) is 13.2 Å². The molecule has 1 aromatic carbocycles. The second-order valence-electron chi connectivity index (χ2n) is 5.58. The highest BCUT2D eigenvalue weighted by molar-refractivity contribution is 5.85. The molecular formula is C16H23Cl2F3N2. The lowest BCUT2D eigenvalue weighted by Gasteiger charge is -2.35. The topological polar surface area (TPSA) is 15.3 Å². The van der Waals surface area contributed by atoms with Crippen molar-refractivity contribution in [3.63, 3.8) is 0 Å². The molecule has 1 aromatic rings. The third-order valence-corrected chi connectivity index (χ3v) is 3.76. The molecule has 1 atom stereocenters. The summed E-state index contributed by atoms with van der Waals surface area (Å²) in [7, 11) is 0. The summed E-state index contributed by atoms with van der Waals surface area (Å²) in [6.45, 7) is 9.53. The summed E-state index contributed by atoms with van der Waals surface area (Å²) in [5, 5.41) is 3.29. The molecule has 0 spiro atoms. The Balaban J connectivity index is 0.00000242. The molecule has 0 radical (unpaired) electrons. The smallest absolute Gasteiger partial charge is 0.314 e. The molecule has 7 heteroatoms. The van der Waals surface area contributed by atoms with Crippen LogP contribution in [0.3, 0.4) is 0 Å². The van der Waals surface area contributed by atoms with E-state index in [0.717, 1.165) is 43.7 Å². The molecule has 2 nitrogen and oxygen atoms in total. The van der Waals surface area contributed by atoms with Gasteiger partial charge >= 0.3 is 6.18 Å². The van der Waals surface area contributed by atoms with Gasteiger partial charge in [-0.2, -0.15) is 13.2 Å². The van der Waals surface area contributed by atoms with E-state index >= 15 is 0 Å². The molecule has 1 heterocycles. The minimum absolute atomic E-state index is 0. The van der Waals surface area contributed by atoms with Gasteiger partial charge < -0.3 is 5.32 Å². The van der Waals surface area contributed by atoms with Crippen LogP contribution < -0.4 is 5.32 Å². The van der Waals surface area contributed by atoms with E-state index in [2.05, 4.69) is 16.8 Å². The normalized spacial score (nSPS) is 16.9. The van der Waals surface area contributed by atoms with Gasteiger partial charge in [0.05, 0.1) is 5.56 Å². The lowest BCUT2D eigenvalue weighted by Crippen LogP contribution is -2.45. The van der Waals surface area contributed by atoms with Crippen LogP contribution >= 0.6 is 24.8 Å². The number of rotatable bonds is 4. The van der Waals surface area contributed by atoms with E-state index in [4.69, 9.17) is 0 Å². The number of hydrogen-bond donors (Lipinski definition) is 1. The predicted octanol–water partition coefficient (Wildman–Crippen LogP) is 4.46. The van der Waals surface area contributed by atoms with E-state index in [1.165, 1.54) is 12.1 Å². The van der Waals surface area contributed by atoms with Crippen LogP contribution in [0.5, 0.6) is 0 Å². The Hall–Kier alpha value is -0.750. The quantitative estimate of drug-likeness (QED) is 0.787. The minimum atomic E-state index is -4.28. The van der Waals surface area contributed by atoms with Crippen molar-refractivity contribution in [2.45, 2.75) is 25.6 Å². The van der Waals surface area contributed by atoms with Crippen LogP contribution in [-0.2, 0) is 6.18 Å². The third-order valence-electron chi connectivity index (χ3n) is 3.76. The Morgan fingerprint density at radius 2 is 1.70 bits per heavy atom. The van der Waals surface area contributed by atoms with Crippen LogP contribution in [0.25, 0.3) is 0 Å². The summed E-state index contributed by atoms with van der Waals surface area (Å²) in [6.07, 6.45) is -3.51. The van der Waals surface area contributed by atoms with Gasteiger partial charge in [0.25, 0.3) is 0 Å². The first kappa shape index (κ1) is 22.2. The molecule has 0 saturated carbocycles. The Morgan fingerprint density at radius 1 is 1.17 bits per heavy atom. The maximum absolute atomic E-state index is 12.7. The zero-order valence-electron chi connectivity index (χ0n) is 13.0. The van der Waals surface area contributed by atoms with Crippen LogP contribution in [0, 0.1) is 0 Å². The van der Waals surface area contributed by atoms with E-state index in [0.29, 0.717) is 0 Å². The van der Waals surface area contributed by atoms with Crippen LogP contribution in [0.4, 0.5) is 13.2 Å². The fourth-order valence-corrected chi connectivity index (χ4v) is 2.68. The number of benzene rings is 1. The standard InChI is InChI=1S/C16H21F3N2.2ClH/c1-12(2)11-15(21-9-7-20-8-10-21)13-3-5-14(6-4-13)16(17,18)19;;/h3-6,15,20H,1,7-11H2,2H3;2*1H/t15-;;/m1../s1. The van der Waals surface area contributed by atoms with E-state index < -0.39 is 11.7 Å². The van der Waals surface area contributed by atoms with E-state index in [-0.39, 0.29) is 30.9 Å². The van der Waals surface area contributed by atoms with Crippen molar-refractivity contribution in [3.05, 3.63) is 47.5 Å². The zero-order valence-corrected chi connectivity index (χ0v) is 14.7. The fourth-order valence-electron chi connectivity index (χ4n) is 2.68. The monoisotopic (exact) mass is 370 g/mol. The van der Waals surface area contributed by atoms with Gasteiger partial charge in [-0.1, -0.05) is 17.7 Å². The van der Waals surface area contributed by atoms with Crippen molar-refractivity contribution >= 4 is 24.8 Å². The molecule has 0 bridgehead atoms. The Labute approximate surface area is 147 Å². The Kier molecular flexibility index (Phi) is 9.21. The average molecular weight is 371 g/mol. The van der Waals surface area contributed by atoms with Crippen molar-refractivity contribution in [1.29, 1.82) is 0 Å². The molecular weight excluding hydrogens is 348 g/mol. The summed E-state index contributed by atoms with van der Waals surface area (Å²) < 4.78 is 38.0. The highest BCUT2D eigenvalue weighted by Gasteiger charge is 2.30. The maximum atomic E-state index is 12.7. The molecule has 1 N–H and O–H groups in total.